The molecule has 0 amide bonds. The summed E-state index contributed by atoms with van der Waals surface area (Å²) >= 11 is 0. The summed E-state index contributed by atoms with van der Waals surface area (Å²) in [5.41, 5.74) is 0.813. The summed E-state index contributed by atoms with van der Waals surface area (Å²) in [5, 5.41) is 8.89. The van der Waals surface area contributed by atoms with E-state index in [-0.39, 0.29) is 0 Å². The van der Waals surface area contributed by atoms with E-state index in [9.17, 15) is 0 Å². The largest absolute Gasteiger partial charge is 0.285 e. The minimum atomic E-state index is 0.813. The summed E-state index contributed by atoms with van der Waals surface area (Å²) in [6, 6.07) is 3.57. The molecule has 0 radical (unpaired) electrons. The van der Waals surface area contributed by atoms with Crippen LogP contribution >= 0.6 is 0 Å². The zero-order valence-corrected chi connectivity index (χ0v) is 5.70. The fourth-order valence-electron chi connectivity index (χ4n) is 0.682. The van der Waals surface area contributed by atoms with E-state index in [0.29, 0.717) is 0 Å². The van der Waals surface area contributed by atoms with E-state index in [1.54, 1.807) is 25.4 Å². The van der Waals surface area contributed by atoms with Crippen molar-refractivity contribution in [1.82, 2.24) is 0 Å². The molecule has 0 aliphatic carbocycles. The first kappa shape index (κ1) is 6.63. The number of nitrogens with zero attached hydrogens (tertiary/aromatic N) is 1. The molecule has 0 spiro atoms. The number of aromatic nitrogens is 1. The quantitative estimate of drug-likeness (QED) is 0.313. The molecule has 0 unspecified atom stereocenters. The summed E-state index contributed by atoms with van der Waals surface area (Å²) in [5.74, 6) is 5.55. The molecule has 0 saturated heterocycles. The van der Waals surface area contributed by atoms with Crippen molar-refractivity contribution < 1.29 is 9.94 Å². The van der Waals surface area contributed by atoms with Crippen molar-refractivity contribution in [2.24, 2.45) is 0 Å². The van der Waals surface area contributed by atoms with Gasteiger partial charge in [-0.1, -0.05) is 5.92 Å². The molecule has 1 aromatic rings. The molecule has 1 N–H and O–H groups in total. The smallest absolute Gasteiger partial charge is 0.237 e. The van der Waals surface area contributed by atoms with Crippen LogP contribution < -0.4 is 4.73 Å². The Morgan fingerprint density at radius 1 is 1.60 bits per heavy atom. The summed E-state index contributed by atoms with van der Waals surface area (Å²) in [7, 11) is 0. The van der Waals surface area contributed by atoms with Gasteiger partial charge in [-0.15, -0.1) is 5.92 Å². The molecule has 1 rings (SSSR count). The Hall–Kier alpha value is -1.49. The lowest BCUT2D eigenvalue weighted by molar-refractivity contribution is -0.904. The number of pyridine rings is 1. The van der Waals surface area contributed by atoms with Gasteiger partial charge in [0.2, 0.25) is 12.4 Å². The molecule has 10 heavy (non-hydrogen) atoms. The molecule has 0 atom stereocenters. The Labute approximate surface area is 59.7 Å². The van der Waals surface area contributed by atoms with Crippen LogP contribution in [0, 0.1) is 11.8 Å². The van der Waals surface area contributed by atoms with Crippen molar-refractivity contribution >= 4 is 0 Å². The van der Waals surface area contributed by atoms with Gasteiger partial charge in [0.1, 0.15) is 0 Å². The molecule has 0 aliphatic rings. The molecule has 0 aliphatic heterocycles. The van der Waals surface area contributed by atoms with Crippen molar-refractivity contribution in [3.8, 4) is 11.8 Å². The third-order valence-electron chi connectivity index (χ3n) is 1.06. The Bertz CT molecular complexity index is 283. The Balaban J connectivity index is 3.03. The summed E-state index contributed by atoms with van der Waals surface area (Å²) in [6.45, 7) is 1.76. The number of rotatable bonds is 0. The molecule has 2 heteroatoms. The molecule has 0 fully saturated rings. The highest BCUT2D eigenvalue weighted by molar-refractivity contribution is 5.28. The Kier molecular flexibility index (Phi) is 1.91. The standard InChI is InChI=1S/C8H8NO/c1-2-4-8-5-3-6-9(10)7-8/h3,5-7,10H,1H3/q+1. The minimum absolute atomic E-state index is 0.813. The van der Waals surface area contributed by atoms with Crippen LogP contribution in [0.1, 0.15) is 12.5 Å². The third-order valence-corrected chi connectivity index (χ3v) is 1.06. The second-order valence-electron chi connectivity index (χ2n) is 1.85. The summed E-state index contributed by atoms with van der Waals surface area (Å²) in [6.07, 6.45) is 3.09. The molecule has 2 nitrogen and oxygen atoms in total. The van der Waals surface area contributed by atoms with Crippen molar-refractivity contribution in [2.45, 2.75) is 6.92 Å². The lowest BCUT2D eigenvalue weighted by Gasteiger charge is -1.82. The molecule has 1 aromatic heterocycles. The van der Waals surface area contributed by atoms with Gasteiger partial charge in [0, 0.05) is 10.8 Å². The maximum atomic E-state index is 8.89. The second kappa shape index (κ2) is 2.88. The van der Waals surface area contributed by atoms with Gasteiger partial charge in [-0.3, -0.25) is 5.21 Å². The molecular formula is C8H8NO+. The SMILES string of the molecule is CC#Cc1ccc[n+](O)c1. The first-order valence-electron chi connectivity index (χ1n) is 2.96. The van der Waals surface area contributed by atoms with Crippen LogP contribution in [0.3, 0.4) is 0 Å². The first-order valence-corrected chi connectivity index (χ1v) is 2.96. The highest BCUT2D eigenvalue weighted by Gasteiger charge is 1.94. The van der Waals surface area contributed by atoms with E-state index in [0.717, 1.165) is 10.3 Å². The molecule has 0 bridgehead atoms. The van der Waals surface area contributed by atoms with E-state index in [1.165, 1.54) is 0 Å². The van der Waals surface area contributed by atoms with Crippen LogP contribution in [-0.4, -0.2) is 5.21 Å². The van der Waals surface area contributed by atoms with Crippen LogP contribution in [0.4, 0.5) is 0 Å². The van der Waals surface area contributed by atoms with Crippen molar-refractivity contribution in [3.63, 3.8) is 0 Å². The van der Waals surface area contributed by atoms with E-state index < -0.39 is 0 Å². The van der Waals surface area contributed by atoms with Gasteiger partial charge in [0.25, 0.3) is 0 Å². The van der Waals surface area contributed by atoms with Gasteiger partial charge in [-0.05, 0) is 13.0 Å². The summed E-state index contributed by atoms with van der Waals surface area (Å²) < 4.78 is 0.986. The average molecular weight is 134 g/mol. The third kappa shape index (κ3) is 1.49. The maximum absolute atomic E-state index is 8.89. The van der Waals surface area contributed by atoms with Crippen LogP contribution in [0.25, 0.3) is 0 Å². The molecule has 1 heterocycles. The van der Waals surface area contributed by atoms with Crippen molar-refractivity contribution in [1.29, 1.82) is 0 Å². The number of hydrogen-bond donors (Lipinski definition) is 1. The Morgan fingerprint density at radius 2 is 2.40 bits per heavy atom. The van der Waals surface area contributed by atoms with Crippen LogP contribution in [0.15, 0.2) is 24.5 Å². The zero-order chi connectivity index (χ0) is 7.40. The van der Waals surface area contributed by atoms with E-state index >= 15 is 0 Å². The van der Waals surface area contributed by atoms with Crippen LogP contribution in [-0.2, 0) is 0 Å². The van der Waals surface area contributed by atoms with E-state index in [2.05, 4.69) is 11.8 Å². The topological polar surface area (TPSA) is 24.1 Å². The highest BCUT2D eigenvalue weighted by atomic mass is 16.5. The second-order valence-corrected chi connectivity index (χ2v) is 1.85. The minimum Gasteiger partial charge on any atom is -0.285 e. The lowest BCUT2D eigenvalue weighted by Crippen LogP contribution is -2.28. The maximum Gasteiger partial charge on any atom is 0.237 e. The highest BCUT2D eigenvalue weighted by Crippen LogP contribution is 1.88. The predicted molar refractivity (Wildman–Crippen MR) is 36.4 cm³/mol. The van der Waals surface area contributed by atoms with E-state index in [1.807, 2.05) is 6.07 Å². The molecular weight excluding hydrogens is 126 g/mol. The predicted octanol–water partition coefficient (Wildman–Crippen LogP) is 0.583. The fraction of sp³-hybridized carbons (Fsp3) is 0.125. The molecule has 50 valence electrons. The van der Waals surface area contributed by atoms with Crippen LogP contribution in [0.2, 0.25) is 0 Å². The van der Waals surface area contributed by atoms with Gasteiger partial charge in [0.15, 0.2) is 0 Å². The zero-order valence-electron chi connectivity index (χ0n) is 5.70. The van der Waals surface area contributed by atoms with E-state index in [4.69, 9.17) is 5.21 Å². The monoisotopic (exact) mass is 134 g/mol. The number of hydrogen-bond acceptors (Lipinski definition) is 1. The Morgan fingerprint density at radius 3 is 3.00 bits per heavy atom. The van der Waals surface area contributed by atoms with Gasteiger partial charge >= 0.3 is 0 Å². The van der Waals surface area contributed by atoms with Gasteiger partial charge in [-0.2, -0.15) is 0 Å². The van der Waals surface area contributed by atoms with Gasteiger partial charge in [-0.25, -0.2) is 0 Å². The van der Waals surface area contributed by atoms with Crippen LogP contribution in [0.5, 0.6) is 0 Å². The van der Waals surface area contributed by atoms with Crippen molar-refractivity contribution in [3.05, 3.63) is 30.1 Å². The molecule has 0 aromatic carbocycles. The normalized spacial score (nSPS) is 8.10. The van der Waals surface area contributed by atoms with Gasteiger partial charge < -0.3 is 0 Å². The fourth-order valence-corrected chi connectivity index (χ4v) is 0.682. The lowest BCUT2D eigenvalue weighted by atomic mass is 10.3. The molecule has 0 saturated carbocycles. The average Bonchev–Trinajstić information content (AvgIpc) is 1.88. The van der Waals surface area contributed by atoms with Gasteiger partial charge in [0.05, 0.1) is 5.56 Å². The first-order chi connectivity index (χ1) is 4.83. The summed E-state index contributed by atoms with van der Waals surface area (Å²) in [4.78, 5) is 0. The van der Waals surface area contributed by atoms with Crippen molar-refractivity contribution in [2.75, 3.05) is 0 Å².